The summed E-state index contributed by atoms with van der Waals surface area (Å²) in [6.07, 6.45) is 0. The van der Waals surface area contributed by atoms with Gasteiger partial charge in [-0.15, -0.1) is 0 Å². The van der Waals surface area contributed by atoms with Crippen molar-refractivity contribution < 1.29 is 8.42 Å². The second-order valence-corrected chi connectivity index (χ2v) is 9.28. The van der Waals surface area contributed by atoms with Gasteiger partial charge in [0, 0.05) is 21.2 Å². The van der Waals surface area contributed by atoms with Crippen molar-refractivity contribution in [3.63, 3.8) is 0 Å². The van der Waals surface area contributed by atoms with Gasteiger partial charge in [0.1, 0.15) is 0 Å². The predicted molar refractivity (Wildman–Crippen MR) is 119 cm³/mol. The maximum absolute atomic E-state index is 13.0. The number of benzene rings is 4. The van der Waals surface area contributed by atoms with Gasteiger partial charge in [0.15, 0.2) is 0 Å². The molecule has 29 heavy (non-hydrogen) atoms. The van der Waals surface area contributed by atoms with Crippen molar-refractivity contribution >= 4 is 33.0 Å². The Labute approximate surface area is 180 Å². The van der Waals surface area contributed by atoms with Crippen LogP contribution in [0.15, 0.2) is 107 Å². The van der Waals surface area contributed by atoms with Crippen LogP contribution in [-0.2, 0) is 9.84 Å². The number of hydrogen-bond acceptors (Lipinski definition) is 2. The van der Waals surface area contributed by atoms with Gasteiger partial charge in [-0.3, -0.25) is 0 Å². The molecular formula is C24H16Cl2O2S. The Hall–Kier alpha value is -2.59. The molecule has 0 bridgehead atoms. The van der Waals surface area contributed by atoms with Crippen LogP contribution in [0.2, 0.25) is 10.0 Å². The summed E-state index contributed by atoms with van der Waals surface area (Å²) in [7, 11) is -3.62. The van der Waals surface area contributed by atoms with Gasteiger partial charge in [-0.2, -0.15) is 0 Å². The van der Waals surface area contributed by atoms with Crippen LogP contribution in [0.3, 0.4) is 0 Å². The summed E-state index contributed by atoms with van der Waals surface area (Å²) in [6, 6.07) is 28.4. The third-order valence-corrected chi connectivity index (χ3v) is 7.14. The van der Waals surface area contributed by atoms with Gasteiger partial charge < -0.3 is 0 Å². The van der Waals surface area contributed by atoms with E-state index in [1.807, 2.05) is 48.5 Å². The fourth-order valence-corrected chi connectivity index (χ4v) is 4.90. The number of sulfone groups is 1. The minimum Gasteiger partial charge on any atom is -0.219 e. The van der Waals surface area contributed by atoms with E-state index in [0.29, 0.717) is 10.0 Å². The molecule has 0 fully saturated rings. The summed E-state index contributed by atoms with van der Waals surface area (Å²) in [4.78, 5) is 0.470. The molecular weight excluding hydrogens is 423 g/mol. The summed E-state index contributed by atoms with van der Waals surface area (Å²) in [6.45, 7) is 0. The van der Waals surface area contributed by atoms with E-state index in [0.717, 1.165) is 22.3 Å². The molecule has 0 atom stereocenters. The fourth-order valence-electron chi connectivity index (χ4n) is 3.15. The molecule has 4 rings (SSSR count). The van der Waals surface area contributed by atoms with E-state index in [9.17, 15) is 8.42 Å². The number of hydrogen-bond donors (Lipinski definition) is 0. The molecule has 0 unspecified atom stereocenters. The van der Waals surface area contributed by atoms with Gasteiger partial charge in [-0.1, -0.05) is 83.9 Å². The standard InChI is InChI=1S/C24H16Cl2O2S/c25-23-7-3-1-5-21(23)17-9-13-19(14-10-17)29(27,28)20-15-11-18(12-16-20)22-6-2-4-8-24(22)26/h1-16H. The van der Waals surface area contributed by atoms with Crippen LogP contribution in [0.25, 0.3) is 22.3 Å². The van der Waals surface area contributed by atoms with Crippen LogP contribution in [0.1, 0.15) is 0 Å². The van der Waals surface area contributed by atoms with Crippen molar-refractivity contribution in [1.82, 2.24) is 0 Å². The van der Waals surface area contributed by atoms with Crippen LogP contribution < -0.4 is 0 Å². The Morgan fingerprint density at radius 3 is 1.17 bits per heavy atom. The SMILES string of the molecule is O=S(=O)(c1ccc(-c2ccccc2Cl)cc1)c1ccc(-c2ccccc2Cl)cc1. The quantitative estimate of drug-likeness (QED) is 0.338. The van der Waals surface area contributed by atoms with Gasteiger partial charge in [0.05, 0.1) is 9.79 Å². The molecule has 0 saturated heterocycles. The Kier molecular flexibility index (Phi) is 5.46. The van der Waals surface area contributed by atoms with Crippen LogP contribution >= 0.6 is 23.2 Å². The first-order chi connectivity index (χ1) is 14.0. The maximum Gasteiger partial charge on any atom is 0.206 e. The third-order valence-electron chi connectivity index (χ3n) is 4.70. The van der Waals surface area contributed by atoms with Crippen LogP contribution in [0.4, 0.5) is 0 Å². The molecule has 0 aliphatic heterocycles. The molecule has 0 aliphatic carbocycles. The molecule has 5 heteroatoms. The first-order valence-corrected chi connectivity index (χ1v) is 11.2. The highest BCUT2D eigenvalue weighted by molar-refractivity contribution is 7.91. The van der Waals surface area contributed by atoms with Crippen molar-refractivity contribution in [2.24, 2.45) is 0 Å². The zero-order valence-electron chi connectivity index (χ0n) is 15.2. The van der Waals surface area contributed by atoms with Crippen molar-refractivity contribution in [2.45, 2.75) is 9.79 Å². The number of halogens is 2. The Morgan fingerprint density at radius 2 is 0.828 bits per heavy atom. The first kappa shape index (κ1) is 19.7. The van der Waals surface area contributed by atoms with Crippen molar-refractivity contribution in [3.05, 3.63) is 107 Å². The molecule has 2 nitrogen and oxygen atoms in total. The van der Waals surface area contributed by atoms with Crippen molar-refractivity contribution in [3.8, 4) is 22.3 Å². The van der Waals surface area contributed by atoms with E-state index < -0.39 is 9.84 Å². The molecule has 4 aromatic rings. The molecule has 0 heterocycles. The lowest BCUT2D eigenvalue weighted by atomic mass is 10.1. The van der Waals surface area contributed by atoms with E-state index in [-0.39, 0.29) is 9.79 Å². The normalized spacial score (nSPS) is 11.4. The second kappa shape index (κ2) is 8.03. The molecule has 0 aliphatic rings. The summed E-state index contributed by atoms with van der Waals surface area (Å²) >= 11 is 12.5. The van der Waals surface area contributed by atoms with Gasteiger partial charge in [0.2, 0.25) is 9.84 Å². The van der Waals surface area contributed by atoms with E-state index in [1.165, 1.54) is 0 Å². The molecule has 0 radical (unpaired) electrons. The fraction of sp³-hybridized carbons (Fsp3) is 0. The van der Waals surface area contributed by atoms with E-state index in [1.54, 1.807) is 48.5 Å². The van der Waals surface area contributed by atoms with Gasteiger partial charge in [-0.05, 0) is 47.5 Å². The smallest absolute Gasteiger partial charge is 0.206 e. The molecule has 0 aromatic heterocycles. The zero-order valence-corrected chi connectivity index (χ0v) is 17.5. The summed E-state index contributed by atoms with van der Waals surface area (Å²) in [5.41, 5.74) is 3.46. The first-order valence-electron chi connectivity index (χ1n) is 8.92. The van der Waals surface area contributed by atoms with Crippen molar-refractivity contribution in [2.75, 3.05) is 0 Å². The lowest BCUT2D eigenvalue weighted by molar-refractivity contribution is 0.596. The lowest BCUT2D eigenvalue weighted by Crippen LogP contribution is -2.01. The van der Waals surface area contributed by atoms with Crippen molar-refractivity contribution in [1.29, 1.82) is 0 Å². The van der Waals surface area contributed by atoms with Crippen LogP contribution in [-0.4, -0.2) is 8.42 Å². The topological polar surface area (TPSA) is 34.1 Å². The summed E-state index contributed by atoms with van der Waals surface area (Å²) in [5.74, 6) is 0. The zero-order chi connectivity index (χ0) is 20.4. The summed E-state index contributed by atoms with van der Waals surface area (Å²) in [5, 5.41) is 1.25. The Bertz CT molecular complexity index is 1170. The minimum absolute atomic E-state index is 0.235. The highest BCUT2D eigenvalue weighted by atomic mass is 35.5. The van der Waals surface area contributed by atoms with Gasteiger partial charge in [-0.25, -0.2) is 8.42 Å². The van der Waals surface area contributed by atoms with Crippen LogP contribution in [0, 0.1) is 0 Å². The molecule has 144 valence electrons. The average Bonchev–Trinajstić information content (AvgIpc) is 2.75. The van der Waals surface area contributed by atoms with E-state index >= 15 is 0 Å². The highest BCUT2D eigenvalue weighted by Crippen LogP contribution is 2.31. The lowest BCUT2D eigenvalue weighted by Gasteiger charge is -2.09. The Morgan fingerprint density at radius 1 is 0.483 bits per heavy atom. The summed E-state index contributed by atoms with van der Waals surface area (Å²) < 4.78 is 26.0. The van der Waals surface area contributed by atoms with E-state index in [2.05, 4.69) is 0 Å². The third kappa shape index (κ3) is 3.95. The van der Waals surface area contributed by atoms with E-state index in [4.69, 9.17) is 23.2 Å². The second-order valence-electron chi connectivity index (χ2n) is 6.51. The average molecular weight is 439 g/mol. The molecule has 0 N–H and O–H groups in total. The van der Waals surface area contributed by atoms with Gasteiger partial charge in [0.25, 0.3) is 0 Å². The molecule has 4 aromatic carbocycles. The molecule has 0 spiro atoms. The van der Waals surface area contributed by atoms with Crippen LogP contribution in [0.5, 0.6) is 0 Å². The monoisotopic (exact) mass is 438 g/mol. The van der Waals surface area contributed by atoms with Gasteiger partial charge >= 0.3 is 0 Å². The number of rotatable bonds is 4. The Balaban J connectivity index is 1.65. The minimum atomic E-state index is -3.62. The molecule has 0 amide bonds. The maximum atomic E-state index is 13.0. The largest absolute Gasteiger partial charge is 0.219 e. The molecule has 0 saturated carbocycles. The highest BCUT2D eigenvalue weighted by Gasteiger charge is 2.18. The predicted octanol–water partition coefficient (Wildman–Crippen LogP) is 7.16.